The fraction of sp³-hybridized carbons (Fsp3) is 0.0526. The molecule has 3 heterocycles. The maximum Gasteiger partial charge on any atom is 0.278 e. The van der Waals surface area contributed by atoms with Crippen LogP contribution in [0.4, 0.5) is 0 Å². The largest absolute Gasteiger partial charge is 0.278 e. The van der Waals surface area contributed by atoms with Gasteiger partial charge in [0.25, 0.3) is 5.56 Å². The summed E-state index contributed by atoms with van der Waals surface area (Å²) in [6.45, 7) is 0. The van der Waals surface area contributed by atoms with Gasteiger partial charge in [0.05, 0.1) is 5.69 Å². The standard InChI is InChI=1S/C19H14N4O/c24-19-17(12-14-6-4-10-20-13-14)22-16-9-5-11-21-18(16)23(19)15-7-2-1-3-8-15/h1-11,13H,12H2. The summed E-state index contributed by atoms with van der Waals surface area (Å²) in [4.78, 5) is 26.0. The molecule has 0 aliphatic heterocycles. The van der Waals surface area contributed by atoms with E-state index < -0.39 is 0 Å². The van der Waals surface area contributed by atoms with Gasteiger partial charge < -0.3 is 0 Å². The van der Waals surface area contributed by atoms with Crippen LogP contribution < -0.4 is 5.56 Å². The molecule has 0 aliphatic rings. The fourth-order valence-corrected chi connectivity index (χ4v) is 2.69. The van der Waals surface area contributed by atoms with Gasteiger partial charge in [-0.1, -0.05) is 24.3 Å². The van der Waals surface area contributed by atoms with Crippen LogP contribution in [0.1, 0.15) is 11.3 Å². The van der Waals surface area contributed by atoms with Gasteiger partial charge in [-0.3, -0.25) is 14.3 Å². The van der Waals surface area contributed by atoms with E-state index in [1.54, 1.807) is 23.2 Å². The van der Waals surface area contributed by atoms with Crippen molar-refractivity contribution in [2.24, 2.45) is 0 Å². The third-order valence-electron chi connectivity index (χ3n) is 3.79. The number of nitrogens with zero attached hydrogens (tertiary/aromatic N) is 4. The molecule has 0 atom stereocenters. The number of fused-ring (bicyclic) bond motifs is 1. The quantitative estimate of drug-likeness (QED) is 0.583. The third-order valence-corrected chi connectivity index (χ3v) is 3.79. The Morgan fingerprint density at radius 2 is 1.75 bits per heavy atom. The van der Waals surface area contributed by atoms with Gasteiger partial charge in [-0.2, -0.15) is 0 Å². The minimum absolute atomic E-state index is 0.156. The predicted octanol–water partition coefficient (Wildman–Crippen LogP) is 2.77. The Balaban J connectivity index is 1.96. The first-order valence-corrected chi connectivity index (χ1v) is 7.64. The van der Waals surface area contributed by atoms with Crippen LogP contribution in [0.25, 0.3) is 16.9 Å². The highest BCUT2D eigenvalue weighted by atomic mass is 16.1. The summed E-state index contributed by atoms with van der Waals surface area (Å²) in [5.41, 5.74) is 3.30. The van der Waals surface area contributed by atoms with Gasteiger partial charge >= 0.3 is 0 Å². The minimum Gasteiger partial charge on any atom is -0.267 e. The van der Waals surface area contributed by atoms with Crippen molar-refractivity contribution in [1.29, 1.82) is 0 Å². The molecule has 5 nitrogen and oxygen atoms in total. The summed E-state index contributed by atoms with van der Waals surface area (Å²) in [5, 5.41) is 0. The van der Waals surface area contributed by atoms with Gasteiger partial charge in [-0.05, 0) is 35.9 Å². The van der Waals surface area contributed by atoms with Gasteiger partial charge in [0.15, 0.2) is 5.65 Å². The molecule has 0 radical (unpaired) electrons. The molecule has 0 saturated heterocycles. The van der Waals surface area contributed by atoms with E-state index in [1.807, 2.05) is 54.6 Å². The Hall–Kier alpha value is -3.34. The molecule has 0 bridgehead atoms. The van der Waals surface area contributed by atoms with Crippen molar-refractivity contribution in [3.8, 4) is 5.69 Å². The number of pyridine rings is 2. The first kappa shape index (κ1) is 14.3. The summed E-state index contributed by atoms with van der Waals surface area (Å²) >= 11 is 0. The van der Waals surface area contributed by atoms with Crippen LogP contribution in [0.5, 0.6) is 0 Å². The Bertz CT molecular complexity index is 1040. The number of hydrogen-bond acceptors (Lipinski definition) is 4. The SMILES string of the molecule is O=c1c(Cc2cccnc2)nc2cccnc2n1-c1ccccc1. The van der Waals surface area contributed by atoms with Crippen LogP contribution in [0.3, 0.4) is 0 Å². The monoisotopic (exact) mass is 314 g/mol. The third kappa shape index (κ3) is 2.56. The van der Waals surface area contributed by atoms with Crippen LogP contribution in [0.15, 0.2) is 78.0 Å². The van der Waals surface area contributed by atoms with Crippen LogP contribution >= 0.6 is 0 Å². The second-order valence-corrected chi connectivity index (χ2v) is 5.42. The Kier molecular flexibility index (Phi) is 3.59. The highest BCUT2D eigenvalue weighted by Crippen LogP contribution is 2.14. The second kappa shape index (κ2) is 6.04. The van der Waals surface area contributed by atoms with Crippen molar-refractivity contribution in [2.75, 3.05) is 0 Å². The molecule has 0 N–H and O–H groups in total. The number of benzene rings is 1. The van der Waals surface area contributed by atoms with E-state index in [4.69, 9.17) is 0 Å². The summed E-state index contributed by atoms with van der Waals surface area (Å²) < 4.78 is 1.62. The molecule has 116 valence electrons. The zero-order valence-electron chi connectivity index (χ0n) is 12.8. The highest BCUT2D eigenvalue weighted by Gasteiger charge is 2.13. The van der Waals surface area contributed by atoms with Crippen molar-refractivity contribution < 1.29 is 0 Å². The average Bonchev–Trinajstić information content (AvgIpc) is 2.64. The molecule has 0 unspecified atom stereocenters. The molecule has 4 rings (SSSR count). The molecule has 4 aromatic rings. The van der Waals surface area contributed by atoms with E-state index in [-0.39, 0.29) is 5.56 Å². The van der Waals surface area contributed by atoms with Crippen molar-refractivity contribution >= 4 is 11.2 Å². The van der Waals surface area contributed by atoms with E-state index >= 15 is 0 Å². The van der Waals surface area contributed by atoms with Crippen LogP contribution in [-0.2, 0) is 6.42 Å². The van der Waals surface area contributed by atoms with Crippen molar-refractivity contribution in [3.05, 3.63) is 94.8 Å². The van der Waals surface area contributed by atoms with Crippen molar-refractivity contribution in [3.63, 3.8) is 0 Å². The lowest BCUT2D eigenvalue weighted by Crippen LogP contribution is -2.25. The van der Waals surface area contributed by atoms with Gasteiger partial charge in [0, 0.05) is 25.0 Å². The maximum absolute atomic E-state index is 13.0. The van der Waals surface area contributed by atoms with Crippen molar-refractivity contribution in [2.45, 2.75) is 6.42 Å². The first-order chi connectivity index (χ1) is 11.8. The molecular formula is C19H14N4O. The summed E-state index contributed by atoms with van der Waals surface area (Å²) in [7, 11) is 0. The molecule has 0 saturated carbocycles. The van der Waals surface area contributed by atoms with Crippen LogP contribution in [0.2, 0.25) is 0 Å². The van der Waals surface area contributed by atoms with Gasteiger partial charge in [0.1, 0.15) is 11.2 Å². The predicted molar refractivity (Wildman–Crippen MR) is 92.2 cm³/mol. The molecule has 0 spiro atoms. The lowest BCUT2D eigenvalue weighted by molar-refractivity contribution is 0.925. The Labute approximate surface area is 138 Å². The van der Waals surface area contributed by atoms with Crippen LogP contribution in [0, 0.1) is 0 Å². The maximum atomic E-state index is 13.0. The smallest absolute Gasteiger partial charge is 0.267 e. The fourth-order valence-electron chi connectivity index (χ4n) is 2.69. The zero-order valence-corrected chi connectivity index (χ0v) is 12.8. The zero-order chi connectivity index (χ0) is 16.4. The summed E-state index contributed by atoms with van der Waals surface area (Å²) in [5.74, 6) is 0. The lowest BCUT2D eigenvalue weighted by Gasteiger charge is -2.11. The number of hydrogen-bond donors (Lipinski definition) is 0. The first-order valence-electron chi connectivity index (χ1n) is 7.64. The molecule has 0 amide bonds. The van der Waals surface area contributed by atoms with Crippen LogP contribution in [-0.4, -0.2) is 19.5 Å². The molecule has 5 heteroatoms. The van der Waals surface area contributed by atoms with Gasteiger partial charge in [-0.25, -0.2) is 9.97 Å². The van der Waals surface area contributed by atoms with E-state index in [0.717, 1.165) is 11.3 Å². The molecular weight excluding hydrogens is 300 g/mol. The molecule has 1 aromatic carbocycles. The Morgan fingerprint density at radius 3 is 2.54 bits per heavy atom. The summed E-state index contributed by atoms with van der Waals surface area (Å²) in [6.07, 6.45) is 5.57. The molecule has 0 fully saturated rings. The highest BCUT2D eigenvalue weighted by molar-refractivity contribution is 5.72. The topological polar surface area (TPSA) is 60.7 Å². The summed E-state index contributed by atoms with van der Waals surface area (Å²) in [6, 6.07) is 17.0. The lowest BCUT2D eigenvalue weighted by atomic mass is 10.1. The molecule has 3 aromatic heterocycles. The van der Waals surface area contributed by atoms with E-state index in [0.29, 0.717) is 23.3 Å². The average molecular weight is 314 g/mol. The minimum atomic E-state index is -0.156. The van der Waals surface area contributed by atoms with E-state index in [2.05, 4.69) is 15.0 Å². The number of aromatic nitrogens is 4. The van der Waals surface area contributed by atoms with Gasteiger partial charge in [-0.15, -0.1) is 0 Å². The normalized spacial score (nSPS) is 10.8. The number of rotatable bonds is 3. The van der Waals surface area contributed by atoms with Gasteiger partial charge in [0.2, 0.25) is 0 Å². The van der Waals surface area contributed by atoms with E-state index in [9.17, 15) is 4.79 Å². The van der Waals surface area contributed by atoms with E-state index in [1.165, 1.54) is 0 Å². The Morgan fingerprint density at radius 1 is 0.917 bits per heavy atom. The molecule has 24 heavy (non-hydrogen) atoms. The number of para-hydroxylation sites is 1. The second-order valence-electron chi connectivity index (χ2n) is 5.42. The van der Waals surface area contributed by atoms with Crippen molar-refractivity contribution in [1.82, 2.24) is 19.5 Å². The molecule has 0 aliphatic carbocycles.